The van der Waals surface area contributed by atoms with Crippen LogP contribution in [0.15, 0.2) is 0 Å². The maximum absolute atomic E-state index is 5.87. The van der Waals surface area contributed by atoms with E-state index in [0.29, 0.717) is 6.54 Å². The van der Waals surface area contributed by atoms with Crippen LogP contribution in [0.5, 0.6) is 0 Å². The lowest BCUT2D eigenvalue weighted by atomic mass is 9.99. The van der Waals surface area contributed by atoms with Crippen molar-refractivity contribution in [3.8, 4) is 0 Å². The second kappa shape index (κ2) is 8.21. The summed E-state index contributed by atoms with van der Waals surface area (Å²) in [5.41, 5.74) is 16.6. The van der Waals surface area contributed by atoms with E-state index in [1.165, 1.54) is 32.1 Å². The van der Waals surface area contributed by atoms with Crippen LogP contribution in [0.2, 0.25) is 0 Å². The summed E-state index contributed by atoms with van der Waals surface area (Å²) in [6.45, 7) is 2.81. The molecular formula is C11H27N3. The van der Waals surface area contributed by atoms with E-state index in [2.05, 4.69) is 6.92 Å². The summed E-state index contributed by atoms with van der Waals surface area (Å²) in [5.74, 6) is 0. The van der Waals surface area contributed by atoms with Crippen LogP contribution in [-0.4, -0.2) is 12.2 Å². The van der Waals surface area contributed by atoms with Gasteiger partial charge in [-0.15, -0.1) is 0 Å². The maximum Gasteiger partial charge on any atom is 0.0648 e. The fourth-order valence-electron chi connectivity index (χ4n) is 1.63. The summed E-state index contributed by atoms with van der Waals surface area (Å²) in [5, 5.41) is 0. The third-order valence-corrected chi connectivity index (χ3v) is 2.61. The lowest BCUT2D eigenvalue weighted by Gasteiger charge is -2.23. The predicted molar refractivity (Wildman–Crippen MR) is 62.8 cm³/mol. The van der Waals surface area contributed by atoms with E-state index >= 15 is 0 Å². The monoisotopic (exact) mass is 201 g/mol. The zero-order valence-corrected chi connectivity index (χ0v) is 9.60. The highest BCUT2D eigenvalue weighted by atomic mass is 15.0. The van der Waals surface area contributed by atoms with E-state index in [0.717, 1.165) is 19.3 Å². The Morgan fingerprint density at radius 2 is 1.43 bits per heavy atom. The van der Waals surface area contributed by atoms with Crippen LogP contribution in [0.3, 0.4) is 0 Å². The second-order valence-corrected chi connectivity index (χ2v) is 4.29. The molecule has 0 saturated carbocycles. The SMILES string of the molecule is CCCCCCCCC(N)(N)CCN. The minimum atomic E-state index is -0.528. The van der Waals surface area contributed by atoms with E-state index in [-0.39, 0.29) is 0 Å². The number of hydrogen-bond donors (Lipinski definition) is 3. The largest absolute Gasteiger partial charge is 0.330 e. The average molecular weight is 201 g/mol. The molecule has 14 heavy (non-hydrogen) atoms. The van der Waals surface area contributed by atoms with E-state index in [1.807, 2.05) is 0 Å². The van der Waals surface area contributed by atoms with Gasteiger partial charge in [-0.2, -0.15) is 0 Å². The molecule has 0 aliphatic heterocycles. The van der Waals surface area contributed by atoms with Gasteiger partial charge in [0.2, 0.25) is 0 Å². The van der Waals surface area contributed by atoms with E-state index in [9.17, 15) is 0 Å². The maximum atomic E-state index is 5.87. The number of nitrogens with two attached hydrogens (primary N) is 3. The molecule has 0 heterocycles. The first-order valence-corrected chi connectivity index (χ1v) is 5.90. The molecule has 0 atom stereocenters. The van der Waals surface area contributed by atoms with Crippen molar-refractivity contribution in [1.82, 2.24) is 0 Å². The first kappa shape index (κ1) is 13.9. The van der Waals surface area contributed by atoms with Crippen molar-refractivity contribution in [3.63, 3.8) is 0 Å². The van der Waals surface area contributed by atoms with Crippen LogP contribution >= 0.6 is 0 Å². The molecule has 86 valence electrons. The van der Waals surface area contributed by atoms with Gasteiger partial charge in [0.05, 0.1) is 5.66 Å². The topological polar surface area (TPSA) is 78.1 Å². The molecule has 0 aliphatic rings. The van der Waals surface area contributed by atoms with Crippen LogP contribution in [0, 0.1) is 0 Å². The van der Waals surface area contributed by atoms with Crippen LogP contribution in [0.4, 0.5) is 0 Å². The zero-order valence-electron chi connectivity index (χ0n) is 9.60. The average Bonchev–Trinajstić information content (AvgIpc) is 2.11. The highest BCUT2D eigenvalue weighted by molar-refractivity contribution is 4.76. The highest BCUT2D eigenvalue weighted by Crippen LogP contribution is 2.12. The normalized spacial score (nSPS) is 12.0. The Hall–Kier alpha value is -0.120. The number of hydrogen-bond acceptors (Lipinski definition) is 3. The van der Waals surface area contributed by atoms with Gasteiger partial charge < -0.3 is 17.2 Å². The quantitative estimate of drug-likeness (QED) is 0.392. The molecule has 0 bridgehead atoms. The Morgan fingerprint density at radius 3 is 2.00 bits per heavy atom. The lowest BCUT2D eigenvalue weighted by molar-refractivity contribution is 0.365. The Balaban J connectivity index is 3.26. The van der Waals surface area contributed by atoms with Crippen LogP contribution in [0.25, 0.3) is 0 Å². The van der Waals surface area contributed by atoms with Gasteiger partial charge in [-0.3, -0.25) is 0 Å². The van der Waals surface area contributed by atoms with Crippen molar-refractivity contribution in [2.24, 2.45) is 17.2 Å². The molecular weight excluding hydrogens is 174 g/mol. The molecule has 0 rings (SSSR count). The van der Waals surface area contributed by atoms with Gasteiger partial charge in [-0.1, -0.05) is 45.4 Å². The van der Waals surface area contributed by atoms with Crippen molar-refractivity contribution >= 4 is 0 Å². The van der Waals surface area contributed by atoms with Crippen LogP contribution in [0.1, 0.15) is 58.3 Å². The van der Waals surface area contributed by atoms with Gasteiger partial charge in [0, 0.05) is 0 Å². The summed E-state index contributed by atoms with van der Waals surface area (Å²) in [6.07, 6.45) is 9.31. The molecule has 0 unspecified atom stereocenters. The van der Waals surface area contributed by atoms with Crippen molar-refractivity contribution in [3.05, 3.63) is 0 Å². The van der Waals surface area contributed by atoms with Crippen molar-refractivity contribution in [1.29, 1.82) is 0 Å². The predicted octanol–water partition coefficient (Wildman–Crippen LogP) is 1.70. The van der Waals surface area contributed by atoms with Gasteiger partial charge in [-0.25, -0.2) is 0 Å². The molecule has 0 radical (unpaired) electrons. The highest BCUT2D eigenvalue weighted by Gasteiger charge is 2.16. The Kier molecular flexibility index (Phi) is 8.14. The van der Waals surface area contributed by atoms with Crippen molar-refractivity contribution in [2.75, 3.05) is 6.54 Å². The van der Waals surface area contributed by atoms with Gasteiger partial charge in [0.1, 0.15) is 0 Å². The first-order valence-electron chi connectivity index (χ1n) is 5.90. The molecule has 0 aromatic rings. The third-order valence-electron chi connectivity index (χ3n) is 2.61. The minimum Gasteiger partial charge on any atom is -0.330 e. The third kappa shape index (κ3) is 8.48. The molecule has 0 aliphatic carbocycles. The molecule has 0 fully saturated rings. The molecule has 0 aromatic carbocycles. The zero-order chi connectivity index (χ0) is 10.9. The minimum absolute atomic E-state index is 0.528. The Labute approximate surface area is 88.4 Å². The summed E-state index contributed by atoms with van der Waals surface area (Å²) in [6, 6.07) is 0. The summed E-state index contributed by atoms with van der Waals surface area (Å²) in [4.78, 5) is 0. The van der Waals surface area contributed by atoms with Gasteiger partial charge in [-0.05, 0) is 19.4 Å². The van der Waals surface area contributed by atoms with E-state index in [1.54, 1.807) is 0 Å². The lowest BCUT2D eigenvalue weighted by Crippen LogP contribution is -2.50. The van der Waals surface area contributed by atoms with E-state index < -0.39 is 5.66 Å². The van der Waals surface area contributed by atoms with Gasteiger partial charge in [0.25, 0.3) is 0 Å². The van der Waals surface area contributed by atoms with Crippen molar-refractivity contribution in [2.45, 2.75) is 64.0 Å². The van der Waals surface area contributed by atoms with E-state index in [4.69, 9.17) is 17.2 Å². The molecule has 6 N–H and O–H groups in total. The molecule has 3 nitrogen and oxygen atoms in total. The van der Waals surface area contributed by atoms with Crippen LogP contribution < -0.4 is 17.2 Å². The second-order valence-electron chi connectivity index (χ2n) is 4.29. The number of unbranched alkanes of at least 4 members (excludes halogenated alkanes) is 5. The molecule has 0 saturated heterocycles. The van der Waals surface area contributed by atoms with Gasteiger partial charge in [0.15, 0.2) is 0 Å². The summed E-state index contributed by atoms with van der Waals surface area (Å²) >= 11 is 0. The fraction of sp³-hybridized carbons (Fsp3) is 1.00. The van der Waals surface area contributed by atoms with Crippen molar-refractivity contribution < 1.29 is 0 Å². The molecule has 0 spiro atoms. The number of rotatable bonds is 9. The first-order chi connectivity index (χ1) is 6.62. The smallest absolute Gasteiger partial charge is 0.0648 e. The van der Waals surface area contributed by atoms with Gasteiger partial charge >= 0.3 is 0 Å². The molecule has 0 amide bonds. The summed E-state index contributed by atoms with van der Waals surface area (Å²) in [7, 11) is 0. The fourth-order valence-corrected chi connectivity index (χ4v) is 1.63. The Morgan fingerprint density at radius 1 is 0.857 bits per heavy atom. The standard InChI is InChI=1S/C11H27N3/c1-2-3-4-5-6-7-8-11(13,14)9-10-12/h2-10,12-14H2,1H3. The van der Waals surface area contributed by atoms with Crippen LogP contribution in [-0.2, 0) is 0 Å². The molecule has 3 heteroatoms. The Bertz CT molecular complexity index is 124. The summed E-state index contributed by atoms with van der Waals surface area (Å²) < 4.78 is 0. The molecule has 0 aromatic heterocycles.